The second kappa shape index (κ2) is 9.11. The lowest BCUT2D eigenvalue weighted by Crippen LogP contribution is -2.65. The minimum Gasteiger partial charge on any atom is -0.508 e. The van der Waals surface area contributed by atoms with Gasteiger partial charge in [0.05, 0.1) is 23.8 Å². The number of fused-ring (bicyclic) bond motifs is 3. The van der Waals surface area contributed by atoms with Gasteiger partial charge in [0.2, 0.25) is 11.7 Å². The van der Waals surface area contributed by atoms with Crippen LogP contribution in [-0.4, -0.2) is 95.1 Å². The van der Waals surface area contributed by atoms with E-state index >= 15 is 0 Å². The molecule has 38 heavy (non-hydrogen) atoms. The third-order valence-corrected chi connectivity index (χ3v) is 7.64. The molecular formula is C25H31N5O8. The number of carbonyl (C=O) groups is 4. The van der Waals surface area contributed by atoms with Gasteiger partial charge in [0.25, 0.3) is 5.91 Å². The summed E-state index contributed by atoms with van der Waals surface area (Å²) in [5, 5.41) is 47.5. The number of phenolic OH excluding ortho intramolecular Hbond substituents is 1. The zero-order valence-electron chi connectivity index (χ0n) is 21.4. The summed E-state index contributed by atoms with van der Waals surface area (Å²) in [6.45, 7) is -0.366. The van der Waals surface area contributed by atoms with Crippen LogP contribution in [0.3, 0.4) is 0 Å². The van der Waals surface area contributed by atoms with E-state index in [4.69, 9.17) is 11.5 Å². The maximum absolute atomic E-state index is 13.9. The van der Waals surface area contributed by atoms with Crippen molar-refractivity contribution in [1.82, 2.24) is 4.90 Å². The number of aliphatic hydroxyl groups is 3. The second-order valence-electron chi connectivity index (χ2n) is 10.3. The minimum atomic E-state index is -2.73. The first-order valence-electron chi connectivity index (χ1n) is 11.9. The standard InChI is InChI=1S/C25H31N5O8/c1-29(2)13-7-12(28-14(31)8-26)19(32)16-10(13)5-9-6-11-18(30(3)4)21(34)17(24(27)37)23(36)25(11,38)22(35)15(9)20(16)33/h7,9,11,18,32-33,36,38H,5-6,8,26H2,1-4H3,(H2,27,37)(H,28,31)/t9-,11-,18-,25-/m0/s1. The Hall–Kier alpha value is -3.94. The molecule has 13 heteroatoms. The molecule has 204 valence electrons. The lowest BCUT2D eigenvalue weighted by Gasteiger charge is -2.50. The lowest BCUT2D eigenvalue weighted by molar-refractivity contribution is -0.153. The van der Waals surface area contributed by atoms with E-state index in [1.165, 1.54) is 25.1 Å². The van der Waals surface area contributed by atoms with Crippen molar-refractivity contribution in [2.45, 2.75) is 24.5 Å². The molecule has 1 aromatic rings. The average Bonchev–Trinajstić information content (AvgIpc) is 2.82. The third kappa shape index (κ3) is 3.65. The van der Waals surface area contributed by atoms with E-state index in [0.29, 0.717) is 11.3 Å². The molecule has 3 aliphatic carbocycles. The number of hydrogen-bond acceptors (Lipinski definition) is 11. The number of rotatable bonds is 5. The molecule has 1 fully saturated rings. The number of nitrogens with one attached hydrogen (secondary N) is 1. The van der Waals surface area contributed by atoms with E-state index in [1.54, 1.807) is 19.0 Å². The van der Waals surface area contributed by atoms with Crippen LogP contribution in [0, 0.1) is 11.8 Å². The van der Waals surface area contributed by atoms with Crippen LogP contribution < -0.4 is 21.7 Å². The van der Waals surface area contributed by atoms with Crippen LogP contribution in [0.25, 0.3) is 5.76 Å². The van der Waals surface area contributed by atoms with Crippen LogP contribution in [0.15, 0.2) is 23.0 Å². The van der Waals surface area contributed by atoms with Gasteiger partial charge in [-0.2, -0.15) is 0 Å². The number of aromatic hydroxyl groups is 1. The smallest absolute Gasteiger partial charge is 0.255 e. The molecule has 0 heterocycles. The van der Waals surface area contributed by atoms with Gasteiger partial charge in [-0.05, 0) is 44.5 Å². The molecule has 9 N–H and O–H groups in total. The number of nitrogens with two attached hydrogens (primary N) is 2. The number of anilines is 2. The Kier molecular flexibility index (Phi) is 6.50. The van der Waals surface area contributed by atoms with Crippen molar-refractivity contribution in [3.8, 4) is 5.75 Å². The summed E-state index contributed by atoms with van der Waals surface area (Å²) in [6, 6.07) is 0.351. The summed E-state index contributed by atoms with van der Waals surface area (Å²) in [5.41, 5.74) is 7.66. The molecule has 0 spiro atoms. The van der Waals surface area contributed by atoms with Crippen LogP contribution in [0.4, 0.5) is 11.4 Å². The number of benzene rings is 1. The van der Waals surface area contributed by atoms with E-state index in [9.17, 15) is 39.6 Å². The van der Waals surface area contributed by atoms with Crippen molar-refractivity contribution >= 4 is 40.5 Å². The lowest BCUT2D eigenvalue weighted by atomic mass is 9.57. The fraction of sp³-hybridized carbons (Fsp3) is 0.440. The van der Waals surface area contributed by atoms with Crippen molar-refractivity contribution in [3.05, 3.63) is 34.1 Å². The Bertz CT molecular complexity index is 1350. The number of likely N-dealkylation sites (N-methyl/N-ethyl adjacent to an activating group) is 1. The number of hydrogen-bond donors (Lipinski definition) is 7. The summed E-state index contributed by atoms with van der Waals surface area (Å²) in [4.78, 5) is 54.2. The van der Waals surface area contributed by atoms with Gasteiger partial charge in [0.1, 0.15) is 22.8 Å². The van der Waals surface area contributed by atoms with Crippen molar-refractivity contribution < 1.29 is 39.6 Å². The molecule has 0 saturated heterocycles. The van der Waals surface area contributed by atoms with Crippen molar-refractivity contribution in [2.75, 3.05) is 45.0 Å². The summed E-state index contributed by atoms with van der Waals surface area (Å²) >= 11 is 0. The number of primary amides is 1. The zero-order chi connectivity index (χ0) is 28.4. The molecule has 2 amide bonds. The quantitative estimate of drug-likeness (QED) is 0.180. The van der Waals surface area contributed by atoms with Gasteiger partial charge in [0, 0.05) is 31.3 Å². The molecule has 0 aliphatic heterocycles. The largest absolute Gasteiger partial charge is 0.508 e. The molecule has 3 aliphatic rings. The van der Waals surface area contributed by atoms with Gasteiger partial charge < -0.3 is 42.1 Å². The van der Waals surface area contributed by atoms with Crippen molar-refractivity contribution in [3.63, 3.8) is 0 Å². The Labute approximate surface area is 218 Å². The predicted octanol–water partition coefficient (Wildman–Crippen LogP) is -1.07. The molecule has 0 unspecified atom stereocenters. The van der Waals surface area contributed by atoms with Crippen molar-refractivity contribution in [2.24, 2.45) is 23.3 Å². The Morgan fingerprint density at radius 1 is 1.16 bits per heavy atom. The molecule has 1 aromatic carbocycles. The maximum atomic E-state index is 13.9. The highest BCUT2D eigenvalue weighted by Gasteiger charge is 2.64. The van der Waals surface area contributed by atoms with E-state index in [2.05, 4.69) is 5.32 Å². The van der Waals surface area contributed by atoms with Gasteiger partial charge in [-0.15, -0.1) is 0 Å². The van der Waals surface area contributed by atoms with Gasteiger partial charge in [-0.1, -0.05) is 0 Å². The number of ketones is 2. The third-order valence-electron chi connectivity index (χ3n) is 7.64. The summed E-state index contributed by atoms with van der Waals surface area (Å²) < 4.78 is 0. The minimum absolute atomic E-state index is 0.0228. The monoisotopic (exact) mass is 529 g/mol. The summed E-state index contributed by atoms with van der Waals surface area (Å²) in [6.07, 6.45) is 0.103. The number of phenols is 1. The van der Waals surface area contributed by atoms with Gasteiger partial charge in [0.15, 0.2) is 11.4 Å². The fourth-order valence-corrected chi connectivity index (χ4v) is 5.99. The van der Waals surface area contributed by atoms with E-state index < -0.39 is 69.7 Å². The van der Waals surface area contributed by atoms with Crippen LogP contribution in [0.5, 0.6) is 5.75 Å². The number of carbonyl (C=O) groups excluding carboxylic acids is 4. The second-order valence-corrected chi connectivity index (χ2v) is 10.3. The number of amides is 2. The highest BCUT2D eigenvalue weighted by molar-refractivity contribution is 6.24. The van der Waals surface area contributed by atoms with Gasteiger partial charge >= 0.3 is 0 Å². The average molecular weight is 530 g/mol. The summed E-state index contributed by atoms with van der Waals surface area (Å²) in [7, 11) is 6.51. The number of aliphatic hydroxyl groups excluding tert-OH is 2. The molecule has 1 saturated carbocycles. The fourth-order valence-electron chi connectivity index (χ4n) is 5.99. The SMILES string of the molecule is CN(C)c1cc(NC(=O)CN)c(O)c2c1C[C@H]1C[C@H]3[C@H](N(C)C)C(=O)C(C(N)=O)=C(O)[C@@]3(O)C(=O)C1=C2O. The first-order valence-corrected chi connectivity index (χ1v) is 11.9. The molecule has 4 rings (SSSR count). The molecule has 0 bridgehead atoms. The molecule has 13 nitrogen and oxygen atoms in total. The molecule has 0 radical (unpaired) electrons. The van der Waals surface area contributed by atoms with Gasteiger partial charge in [-0.25, -0.2) is 0 Å². The molecule has 4 atom stereocenters. The van der Waals surface area contributed by atoms with Crippen LogP contribution in [0.1, 0.15) is 17.5 Å². The van der Waals surface area contributed by atoms with Crippen LogP contribution in [0.2, 0.25) is 0 Å². The Morgan fingerprint density at radius 2 is 1.79 bits per heavy atom. The summed E-state index contributed by atoms with van der Waals surface area (Å²) in [5.74, 6) is -8.03. The topological polar surface area (TPSA) is 220 Å². The Morgan fingerprint density at radius 3 is 2.32 bits per heavy atom. The predicted molar refractivity (Wildman–Crippen MR) is 136 cm³/mol. The first kappa shape index (κ1) is 27.1. The van der Waals surface area contributed by atoms with E-state index in [0.717, 1.165) is 0 Å². The highest BCUT2D eigenvalue weighted by atomic mass is 16.3. The van der Waals surface area contributed by atoms with E-state index in [-0.39, 0.29) is 36.2 Å². The number of Topliss-reactive ketones (excluding diaryl/α,β-unsaturated/α-hetero) is 2. The molecular weight excluding hydrogens is 498 g/mol. The normalized spacial score (nSPS) is 26.7. The van der Waals surface area contributed by atoms with E-state index in [1.807, 2.05) is 0 Å². The zero-order valence-corrected chi connectivity index (χ0v) is 21.4. The first-order chi connectivity index (χ1) is 17.7. The molecule has 0 aromatic heterocycles. The van der Waals surface area contributed by atoms with Crippen molar-refractivity contribution in [1.29, 1.82) is 0 Å². The van der Waals surface area contributed by atoms with Crippen LogP contribution >= 0.6 is 0 Å². The maximum Gasteiger partial charge on any atom is 0.255 e. The van der Waals surface area contributed by atoms with Crippen LogP contribution in [-0.2, 0) is 25.6 Å². The van der Waals surface area contributed by atoms with Gasteiger partial charge in [-0.3, -0.25) is 24.1 Å². The number of nitrogens with zero attached hydrogens (tertiary/aromatic N) is 2. The highest BCUT2D eigenvalue weighted by Crippen LogP contribution is 2.54. The Balaban J connectivity index is 1.99.